The first-order valence-corrected chi connectivity index (χ1v) is 11.3. The predicted molar refractivity (Wildman–Crippen MR) is 120 cm³/mol. The van der Waals surface area contributed by atoms with Crippen LogP contribution in [0.15, 0.2) is 29.4 Å². The van der Waals surface area contributed by atoms with Crippen molar-refractivity contribution >= 4 is 40.0 Å². The van der Waals surface area contributed by atoms with Gasteiger partial charge in [-0.3, -0.25) is 4.79 Å². The summed E-state index contributed by atoms with van der Waals surface area (Å²) < 4.78 is 6.85. The lowest BCUT2D eigenvalue weighted by molar-refractivity contribution is -0.113. The number of nitrogens with zero attached hydrogens (tertiary/aromatic N) is 3. The van der Waals surface area contributed by atoms with Crippen LogP contribution in [0.2, 0.25) is 0 Å². The summed E-state index contributed by atoms with van der Waals surface area (Å²) in [4.78, 5) is 25.6. The SMILES string of the molecule is CCn1c(SCC(=O)Nc2sc(C)c(C)c2C(=O)OC)nnc1-c1cccc(C)c1. The van der Waals surface area contributed by atoms with Gasteiger partial charge in [-0.15, -0.1) is 21.5 Å². The molecule has 158 valence electrons. The fourth-order valence-electron chi connectivity index (χ4n) is 3.03. The van der Waals surface area contributed by atoms with Gasteiger partial charge in [0.25, 0.3) is 0 Å². The van der Waals surface area contributed by atoms with E-state index in [-0.39, 0.29) is 11.7 Å². The normalized spacial score (nSPS) is 10.8. The lowest BCUT2D eigenvalue weighted by Crippen LogP contribution is -2.16. The third-order valence-corrected chi connectivity index (χ3v) is 6.76. The Morgan fingerprint density at radius 3 is 2.67 bits per heavy atom. The molecule has 1 N–H and O–H groups in total. The molecule has 1 aromatic carbocycles. The Morgan fingerprint density at radius 2 is 2.00 bits per heavy atom. The third kappa shape index (κ3) is 4.57. The Balaban J connectivity index is 1.73. The molecular formula is C21H24N4O3S2. The maximum absolute atomic E-state index is 12.6. The van der Waals surface area contributed by atoms with E-state index < -0.39 is 5.97 Å². The molecule has 0 atom stereocenters. The lowest BCUT2D eigenvalue weighted by atomic mass is 10.1. The van der Waals surface area contributed by atoms with Gasteiger partial charge >= 0.3 is 5.97 Å². The monoisotopic (exact) mass is 444 g/mol. The van der Waals surface area contributed by atoms with Crippen LogP contribution in [0, 0.1) is 20.8 Å². The zero-order chi connectivity index (χ0) is 21.8. The van der Waals surface area contributed by atoms with Crippen molar-refractivity contribution < 1.29 is 14.3 Å². The molecule has 3 aromatic rings. The first kappa shape index (κ1) is 22.0. The highest BCUT2D eigenvalue weighted by Gasteiger charge is 2.22. The van der Waals surface area contributed by atoms with Crippen LogP contribution in [0.3, 0.4) is 0 Å². The highest BCUT2D eigenvalue weighted by atomic mass is 32.2. The van der Waals surface area contributed by atoms with E-state index in [1.807, 2.05) is 50.5 Å². The van der Waals surface area contributed by atoms with Crippen molar-refractivity contribution in [3.8, 4) is 11.4 Å². The van der Waals surface area contributed by atoms with Crippen LogP contribution in [0.1, 0.15) is 33.3 Å². The van der Waals surface area contributed by atoms with Crippen molar-refractivity contribution in [2.45, 2.75) is 39.4 Å². The number of carbonyl (C=O) groups is 2. The highest BCUT2D eigenvalue weighted by molar-refractivity contribution is 7.99. The quantitative estimate of drug-likeness (QED) is 0.427. The number of esters is 1. The molecule has 0 saturated carbocycles. The van der Waals surface area contributed by atoms with E-state index in [1.165, 1.54) is 30.2 Å². The summed E-state index contributed by atoms with van der Waals surface area (Å²) in [6.07, 6.45) is 0. The van der Waals surface area contributed by atoms with Crippen LogP contribution in [-0.2, 0) is 16.1 Å². The highest BCUT2D eigenvalue weighted by Crippen LogP contribution is 2.33. The van der Waals surface area contributed by atoms with E-state index in [2.05, 4.69) is 21.6 Å². The number of anilines is 1. The van der Waals surface area contributed by atoms with Crippen molar-refractivity contribution in [2.75, 3.05) is 18.2 Å². The molecule has 9 heteroatoms. The van der Waals surface area contributed by atoms with Gasteiger partial charge < -0.3 is 14.6 Å². The zero-order valence-electron chi connectivity index (χ0n) is 17.6. The first-order valence-electron chi connectivity index (χ1n) is 9.46. The van der Waals surface area contributed by atoms with Gasteiger partial charge in [0.05, 0.1) is 18.4 Å². The smallest absolute Gasteiger partial charge is 0.341 e. The second kappa shape index (κ2) is 9.44. The summed E-state index contributed by atoms with van der Waals surface area (Å²) >= 11 is 2.69. The number of hydrogen-bond acceptors (Lipinski definition) is 7. The van der Waals surface area contributed by atoms with E-state index in [0.29, 0.717) is 22.3 Å². The Morgan fingerprint density at radius 1 is 1.23 bits per heavy atom. The molecule has 3 rings (SSSR count). The number of aromatic nitrogens is 3. The summed E-state index contributed by atoms with van der Waals surface area (Å²) in [5.41, 5.74) is 3.38. The average molecular weight is 445 g/mol. The molecule has 0 saturated heterocycles. The van der Waals surface area contributed by atoms with Gasteiger partial charge in [-0.1, -0.05) is 35.5 Å². The molecule has 7 nitrogen and oxygen atoms in total. The minimum Gasteiger partial charge on any atom is -0.465 e. The van der Waals surface area contributed by atoms with E-state index in [1.54, 1.807) is 0 Å². The van der Waals surface area contributed by atoms with Crippen molar-refractivity contribution in [1.82, 2.24) is 14.8 Å². The molecule has 2 heterocycles. The largest absolute Gasteiger partial charge is 0.465 e. The van der Waals surface area contributed by atoms with E-state index in [9.17, 15) is 9.59 Å². The molecule has 0 bridgehead atoms. The molecule has 0 spiro atoms. The van der Waals surface area contributed by atoms with Gasteiger partial charge in [0.1, 0.15) is 5.00 Å². The van der Waals surface area contributed by atoms with Crippen LogP contribution in [0.4, 0.5) is 5.00 Å². The number of aryl methyl sites for hydroxylation is 2. The summed E-state index contributed by atoms with van der Waals surface area (Å²) in [6, 6.07) is 8.09. The Labute approximate surface area is 183 Å². The molecule has 0 unspecified atom stereocenters. The van der Waals surface area contributed by atoms with Crippen molar-refractivity contribution in [3.63, 3.8) is 0 Å². The van der Waals surface area contributed by atoms with Gasteiger partial charge in [-0.05, 0) is 39.3 Å². The zero-order valence-corrected chi connectivity index (χ0v) is 19.2. The number of amides is 1. The van der Waals surface area contributed by atoms with Crippen LogP contribution in [0.25, 0.3) is 11.4 Å². The minimum atomic E-state index is -0.451. The molecular weight excluding hydrogens is 420 g/mol. The van der Waals surface area contributed by atoms with Gasteiger partial charge in [0.15, 0.2) is 11.0 Å². The second-order valence-corrected chi connectivity index (χ2v) is 8.90. The topological polar surface area (TPSA) is 86.1 Å². The standard InChI is InChI=1S/C21H24N4O3S2/c1-6-25-18(15-9-7-8-12(2)10-15)23-24-21(25)29-11-16(26)22-19-17(20(27)28-5)13(3)14(4)30-19/h7-10H,6,11H2,1-5H3,(H,22,26). The van der Waals surface area contributed by atoms with Crippen LogP contribution >= 0.6 is 23.1 Å². The Hall–Kier alpha value is -2.65. The summed E-state index contributed by atoms with van der Waals surface area (Å²) in [5.74, 6) is 0.270. The number of thioether (sulfide) groups is 1. The molecule has 0 aliphatic carbocycles. The summed E-state index contributed by atoms with van der Waals surface area (Å²) in [6.45, 7) is 8.50. The van der Waals surface area contributed by atoms with Crippen molar-refractivity contribution in [1.29, 1.82) is 0 Å². The number of carbonyl (C=O) groups excluding carboxylic acids is 2. The molecule has 0 fully saturated rings. The number of ether oxygens (including phenoxy) is 1. The molecule has 0 radical (unpaired) electrons. The molecule has 0 aliphatic heterocycles. The molecule has 1 amide bonds. The first-order chi connectivity index (χ1) is 14.3. The second-order valence-electron chi connectivity index (χ2n) is 6.74. The number of hydrogen-bond donors (Lipinski definition) is 1. The lowest BCUT2D eigenvalue weighted by Gasteiger charge is -2.08. The molecule has 0 aliphatic rings. The van der Waals surface area contributed by atoms with E-state index in [4.69, 9.17) is 4.74 Å². The van der Waals surface area contributed by atoms with Gasteiger partial charge in [0, 0.05) is 17.0 Å². The summed E-state index contributed by atoms with van der Waals surface area (Å²) in [7, 11) is 1.33. The van der Waals surface area contributed by atoms with E-state index >= 15 is 0 Å². The van der Waals surface area contributed by atoms with E-state index in [0.717, 1.165) is 27.4 Å². The Bertz CT molecular complexity index is 1090. The van der Waals surface area contributed by atoms with Crippen LogP contribution in [0.5, 0.6) is 0 Å². The maximum Gasteiger partial charge on any atom is 0.341 e. The molecule has 2 aromatic heterocycles. The van der Waals surface area contributed by atoms with Crippen LogP contribution in [-0.4, -0.2) is 39.5 Å². The molecule has 30 heavy (non-hydrogen) atoms. The van der Waals surface area contributed by atoms with Crippen molar-refractivity contribution in [3.05, 3.63) is 45.8 Å². The van der Waals surface area contributed by atoms with Gasteiger partial charge in [-0.2, -0.15) is 0 Å². The predicted octanol–water partition coefficient (Wildman–Crippen LogP) is 4.47. The third-order valence-electron chi connectivity index (χ3n) is 4.67. The van der Waals surface area contributed by atoms with Crippen molar-refractivity contribution in [2.24, 2.45) is 0 Å². The number of nitrogens with one attached hydrogen (secondary N) is 1. The number of methoxy groups -OCH3 is 1. The van der Waals surface area contributed by atoms with Crippen LogP contribution < -0.4 is 5.32 Å². The van der Waals surface area contributed by atoms with Gasteiger partial charge in [0.2, 0.25) is 5.91 Å². The number of thiophene rings is 1. The summed E-state index contributed by atoms with van der Waals surface area (Å²) in [5, 5.41) is 12.6. The fraction of sp³-hybridized carbons (Fsp3) is 0.333. The maximum atomic E-state index is 12.6. The van der Waals surface area contributed by atoms with Gasteiger partial charge in [-0.25, -0.2) is 4.79 Å². The minimum absolute atomic E-state index is 0.155. The fourth-order valence-corrected chi connectivity index (χ4v) is 4.90. The average Bonchev–Trinajstić information content (AvgIpc) is 3.26. The number of rotatable bonds is 7. The Kier molecular flexibility index (Phi) is 6.94. The number of benzene rings is 1.